The van der Waals surface area contributed by atoms with E-state index in [-0.39, 0.29) is 29.2 Å². The van der Waals surface area contributed by atoms with Crippen molar-refractivity contribution in [2.75, 3.05) is 0 Å². The minimum absolute atomic E-state index is 0.0288. The predicted octanol–water partition coefficient (Wildman–Crippen LogP) is 3.09. The smallest absolute Gasteiger partial charge is 0.306 e. The number of nitrogens with zero attached hydrogens (tertiary/aromatic N) is 2. The zero-order valence-corrected chi connectivity index (χ0v) is 14.6. The van der Waals surface area contributed by atoms with Gasteiger partial charge in [0.1, 0.15) is 10.7 Å². The van der Waals surface area contributed by atoms with Crippen molar-refractivity contribution in [2.45, 2.75) is 31.7 Å². The van der Waals surface area contributed by atoms with E-state index in [1.54, 1.807) is 17.5 Å². The molecule has 3 rings (SSSR count). The van der Waals surface area contributed by atoms with Crippen LogP contribution in [0, 0.1) is 16.0 Å². The Balaban J connectivity index is 1.64. The minimum Gasteiger partial charge on any atom is -0.481 e. The molecule has 1 aromatic carbocycles. The van der Waals surface area contributed by atoms with Crippen LogP contribution < -0.4 is 5.32 Å². The summed E-state index contributed by atoms with van der Waals surface area (Å²) < 4.78 is 0. The fourth-order valence-corrected chi connectivity index (χ4v) is 3.80. The third-order valence-electron chi connectivity index (χ3n) is 4.45. The molecule has 1 heterocycles. The van der Waals surface area contributed by atoms with Gasteiger partial charge in [-0.1, -0.05) is 12.1 Å². The van der Waals surface area contributed by atoms with Gasteiger partial charge in [0.25, 0.3) is 11.6 Å². The summed E-state index contributed by atoms with van der Waals surface area (Å²) in [5.41, 5.74) is 0.820. The number of amides is 1. The molecule has 0 spiro atoms. The number of aliphatic carboxylic acids is 1. The average molecular weight is 375 g/mol. The lowest BCUT2D eigenvalue weighted by Gasteiger charge is -2.26. The van der Waals surface area contributed by atoms with Gasteiger partial charge in [0.05, 0.1) is 10.8 Å². The first-order valence-corrected chi connectivity index (χ1v) is 9.06. The molecule has 0 radical (unpaired) electrons. The molecule has 0 atom stereocenters. The predicted molar refractivity (Wildman–Crippen MR) is 95.1 cm³/mol. The molecule has 1 amide bonds. The van der Waals surface area contributed by atoms with E-state index in [1.807, 2.05) is 0 Å². The third-order valence-corrected chi connectivity index (χ3v) is 5.34. The first-order chi connectivity index (χ1) is 12.4. The number of non-ortho nitro benzene ring substituents is 1. The van der Waals surface area contributed by atoms with Gasteiger partial charge < -0.3 is 10.4 Å². The Kier molecular flexibility index (Phi) is 5.27. The maximum Gasteiger partial charge on any atom is 0.306 e. The maximum absolute atomic E-state index is 12.4. The van der Waals surface area contributed by atoms with E-state index < -0.39 is 10.9 Å². The van der Waals surface area contributed by atoms with Crippen LogP contribution in [0.2, 0.25) is 0 Å². The van der Waals surface area contributed by atoms with Crippen LogP contribution >= 0.6 is 11.3 Å². The Morgan fingerprint density at radius 3 is 2.65 bits per heavy atom. The summed E-state index contributed by atoms with van der Waals surface area (Å²) in [5, 5.41) is 24.9. The Morgan fingerprint density at radius 2 is 2.00 bits per heavy atom. The zero-order chi connectivity index (χ0) is 18.7. The molecule has 0 aliphatic heterocycles. The molecular formula is C17H17N3O5S. The Labute approximate surface area is 153 Å². The second-order valence-electron chi connectivity index (χ2n) is 6.21. The van der Waals surface area contributed by atoms with Crippen LogP contribution in [0.25, 0.3) is 10.6 Å². The fourth-order valence-electron chi connectivity index (χ4n) is 3.01. The number of thiazole rings is 1. The summed E-state index contributed by atoms with van der Waals surface area (Å²) in [5.74, 6) is -1.42. The number of carboxylic acids is 1. The monoisotopic (exact) mass is 375 g/mol. The highest BCUT2D eigenvalue weighted by Crippen LogP contribution is 2.28. The number of aromatic nitrogens is 1. The topological polar surface area (TPSA) is 122 Å². The van der Waals surface area contributed by atoms with Crippen LogP contribution in [0.15, 0.2) is 29.6 Å². The van der Waals surface area contributed by atoms with Gasteiger partial charge in [-0.25, -0.2) is 4.98 Å². The molecule has 0 saturated heterocycles. The molecule has 1 aliphatic carbocycles. The second-order valence-corrected chi connectivity index (χ2v) is 7.06. The maximum atomic E-state index is 12.4. The fraction of sp³-hybridized carbons (Fsp3) is 0.353. The zero-order valence-electron chi connectivity index (χ0n) is 13.8. The van der Waals surface area contributed by atoms with Gasteiger partial charge >= 0.3 is 5.97 Å². The standard InChI is InChI=1S/C17H17N3O5S/c21-15(18-12-6-4-10(5-7-12)17(22)23)14-9-26-16(19-14)11-2-1-3-13(8-11)20(24)25/h1-3,8-10,12H,4-7H2,(H,18,21)(H,22,23). The van der Waals surface area contributed by atoms with Gasteiger partial charge in [0.2, 0.25) is 0 Å². The molecule has 1 aromatic heterocycles. The molecular weight excluding hydrogens is 358 g/mol. The number of nitro groups is 1. The van der Waals surface area contributed by atoms with E-state index in [0.29, 0.717) is 36.3 Å². The number of nitro benzene ring substituents is 1. The number of benzene rings is 1. The van der Waals surface area contributed by atoms with Crippen molar-refractivity contribution < 1.29 is 19.6 Å². The SMILES string of the molecule is O=C(NC1CCC(C(=O)O)CC1)c1csc(-c2cccc([N+](=O)[O-])c2)n1. The Morgan fingerprint density at radius 1 is 1.27 bits per heavy atom. The van der Waals surface area contributed by atoms with Gasteiger partial charge in [-0.05, 0) is 25.7 Å². The largest absolute Gasteiger partial charge is 0.481 e. The lowest BCUT2D eigenvalue weighted by molar-refractivity contribution is -0.384. The number of carboxylic acid groups (broad SMARTS) is 1. The summed E-state index contributed by atoms with van der Waals surface area (Å²) in [6.45, 7) is 0. The number of nitrogens with one attached hydrogen (secondary N) is 1. The lowest BCUT2D eigenvalue weighted by Crippen LogP contribution is -2.38. The molecule has 2 N–H and O–H groups in total. The molecule has 2 aromatic rings. The van der Waals surface area contributed by atoms with E-state index >= 15 is 0 Å². The van der Waals surface area contributed by atoms with Gasteiger partial charge in [-0.15, -0.1) is 11.3 Å². The highest BCUT2D eigenvalue weighted by Gasteiger charge is 2.27. The van der Waals surface area contributed by atoms with Crippen molar-refractivity contribution in [2.24, 2.45) is 5.92 Å². The number of rotatable bonds is 5. The molecule has 1 aliphatic rings. The summed E-state index contributed by atoms with van der Waals surface area (Å²) in [6, 6.07) is 6.06. The van der Waals surface area contributed by atoms with E-state index in [9.17, 15) is 19.7 Å². The van der Waals surface area contributed by atoms with E-state index in [0.717, 1.165) is 0 Å². The molecule has 136 valence electrons. The molecule has 9 heteroatoms. The summed E-state index contributed by atoms with van der Waals surface area (Å²) in [6.07, 6.45) is 2.36. The van der Waals surface area contributed by atoms with Crippen LogP contribution in [-0.2, 0) is 4.79 Å². The van der Waals surface area contributed by atoms with Crippen LogP contribution in [0.4, 0.5) is 5.69 Å². The van der Waals surface area contributed by atoms with Crippen LogP contribution in [-0.4, -0.2) is 32.9 Å². The Bertz CT molecular complexity index is 842. The molecule has 0 unspecified atom stereocenters. The number of hydrogen-bond donors (Lipinski definition) is 2. The van der Waals surface area contributed by atoms with Gasteiger partial charge in [0.15, 0.2) is 0 Å². The van der Waals surface area contributed by atoms with Crippen LogP contribution in [0.3, 0.4) is 0 Å². The molecule has 8 nitrogen and oxygen atoms in total. The molecule has 1 saturated carbocycles. The van der Waals surface area contributed by atoms with E-state index in [2.05, 4.69) is 10.3 Å². The Hall–Kier alpha value is -2.81. The molecule has 26 heavy (non-hydrogen) atoms. The van der Waals surface area contributed by atoms with Crippen molar-refractivity contribution >= 4 is 28.9 Å². The summed E-state index contributed by atoms with van der Waals surface area (Å²) in [7, 11) is 0. The van der Waals surface area contributed by atoms with Crippen LogP contribution in [0.5, 0.6) is 0 Å². The third kappa shape index (κ3) is 4.05. The normalized spacial score (nSPS) is 19.7. The van der Waals surface area contributed by atoms with Crippen LogP contribution in [0.1, 0.15) is 36.2 Å². The first kappa shape index (κ1) is 18.0. The molecule has 1 fully saturated rings. The van der Waals surface area contributed by atoms with Crippen molar-refractivity contribution in [3.8, 4) is 10.6 Å². The van der Waals surface area contributed by atoms with Crippen molar-refractivity contribution in [1.29, 1.82) is 0 Å². The summed E-state index contributed by atoms with van der Waals surface area (Å²) in [4.78, 5) is 38.0. The highest BCUT2D eigenvalue weighted by molar-refractivity contribution is 7.13. The van der Waals surface area contributed by atoms with Gasteiger partial charge in [-0.3, -0.25) is 19.7 Å². The van der Waals surface area contributed by atoms with Gasteiger partial charge in [0, 0.05) is 29.1 Å². The lowest BCUT2D eigenvalue weighted by atomic mass is 9.86. The minimum atomic E-state index is -0.782. The van der Waals surface area contributed by atoms with Gasteiger partial charge in [-0.2, -0.15) is 0 Å². The quantitative estimate of drug-likeness (QED) is 0.611. The van der Waals surface area contributed by atoms with Crippen molar-refractivity contribution in [3.63, 3.8) is 0 Å². The summed E-state index contributed by atoms with van der Waals surface area (Å²) >= 11 is 1.25. The molecule has 0 bridgehead atoms. The second kappa shape index (κ2) is 7.61. The number of carbonyl (C=O) groups is 2. The first-order valence-electron chi connectivity index (χ1n) is 8.18. The number of carbonyl (C=O) groups excluding carboxylic acids is 1. The van der Waals surface area contributed by atoms with Crippen molar-refractivity contribution in [1.82, 2.24) is 10.3 Å². The van der Waals surface area contributed by atoms with E-state index in [1.165, 1.54) is 23.5 Å². The highest BCUT2D eigenvalue weighted by atomic mass is 32.1. The number of hydrogen-bond acceptors (Lipinski definition) is 6. The van der Waals surface area contributed by atoms with E-state index in [4.69, 9.17) is 5.11 Å². The van der Waals surface area contributed by atoms with Crippen molar-refractivity contribution in [3.05, 3.63) is 45.5 Å². The average Bonchev–Trinajstić information content (AvgIpc) is 3.12.